The van der Waals surface area contributed by atoms with E-state index in [2.05, 4.69) is 0 Å². The van der Waals surface area contributed by atoms with E-state index in [-0.39, 0.29) is 5.97 Å². The minimum Gasteiger partial charge on any atom is -0.464 e. The number of hydrogen-bond donors (Lipinski definition) is 0. The summed E-state index contributed by atoms with van der Waals surface area (Å²) < 4.78 is 20.2. The Morgan fingerprint density at radius 3 is 2.38 bits per heavy atom. The summed E-state index contributed by atoms with van der Waals surface area (Å²) in [4.78, 5) is 11.3. The normalized spacial score (nSPS) is 12.4. The second kappa shape index (κ2) is 10.9. The van der Waals surface area contributed by atoms with Gasteiger partial charge in [-0.15, -0.1) is 0 Å². The van der Waals surface area contributed by atoms with Crippen molar-refractivity contribution in [2.45, 2.75) is 26.4 Å². The van der Waals surface area contributed by atoms with Gasteiger partial charge in [-0.3, -0.25) is 0 Å². The van der Waals surface area contributed by atoms with Crippen molar-refractivity contribution in [2.75, 3.05) is 40.1 Å². The molecular formula is C11H22O5. The maximum atomic E-state index is 11.3. The van der Waals surface area contributed by atoms with Crippen LogP contribution in [0.15, 0.2) is 0 Å². The molecule has 0 aliphatic rings. The molecule has 5 heteroatoms. The van der Waals surface area contributed by atoms with Crippen molar-refractivity contribution >= 4 is 5.97 Å². The van der Waals surface area contributed by atoms with Gasteiger partial charge in [-0.25, -0.2) is 4.79 Å². The third kappa shape index (κ3) is 7.62. The van der Waals surface area contributed by atoms with Gasteiger partial charge in [0.25, 0.3) is 0 Å². The molecule has 0 N–H and O–H groups in total. The zero-order valence-electron chi connectivity index (χ0n) is 10.4. The van der Waals surface area contributed by atoms with Gasteiger partial charge in [-0.1, -0.05) is 6.92 Å². The van der Waals surface area contributed by atoms with Gasteiger partial charge in [0.05, 0.1) is 33.0 Å². The third-order valence-corrected chi connectivity index (χ3v) is 1.90. The van der Waals surface area contributed by atoms with Crippen molar-refractivity contribution in [3.05, 3.63) is 0 Å². The summed E-state index contributed by atoms with van der Waals surface area (Å²) in [5, 5.41) is 0. The number of ether oxygens (including phenoxy) is 4. The van der Waals surface area contributed by atoms with E-state index >= 15 is 0 Å². The lowest BCUT2D eigenvalue weighted by atomic mass is 10.3. The number of carbonyl (C=O) groups excluding carboxylic acids is 1. The van der Waals surface area contributed by atoms with Gasteiger partial charge in [0, 0.05) is 7.11 Å². The first kappa shape index (κ1) is 15.3. The third-order valence-electron chi connectivity index (χ3n) is 1.90. The SMILES string of the molecule is CCOC(=O)C(CC)OCCOCCOC. The lowest BCUT2D eigenvalue weighted by Crippen LogP contribution is -2.27. The van der Waals surface area contributed by atoms with Crippen LogP contribution in [-0.4, -0.2) is 52.2 Å². The Bertz CT molecular complexity index is 172. The van der Waals surface area contributed by atoms with Crippen LogP contribution in [0, 0.1) is 0 Å². The van der Waals surface area contributed by atoms with Crippen molar-refractivity contribution < 1.29 is 23.7 Å². The Balaban J connectivity index is 3.51. The van der Waals surface area contributed by atoms with E-state index in [1.165, 1.54) is 0 Å². The van der Waals surface area contributed by atoms with E-state index in [1.807, 2.05) is 6.92 Å². The zero-order valence-corrected chi connectivity index (χ0v) is 10.4. The smallest absolute Gasteiger partial charge is 0.335 e. The fraction of sp³-hybridized carbons (Fsp3) is 0.909. The van der Waals surface area contributed by atoms with Crippen LogP contribution in [0.1, 0.15) is 20.3 Å². The van der Waals surface area contributed by atoms with Crippen molar-refractivity contribution in [2.24, 2.45) is 0 Å². The van der Waals surface area contributed by atoms with Crippen molar-refractivity contribution in [3.63, 3.8) is 0 Å². The highest BCUT2D eigenvalue weighted by molar-refractivity contribution is 5.74. The predicted octanol–water partition coefficient (Wildman–Crippen LogP) is 1.01. The van der Waals surface area contributed by atoms with Crippen LogP contribution in [0.2, 0.25) is 0 Å². The summed E-state index contributed by atoms with van der Waals surface area (Å²) in [5.41, 5.74) is 0. The highest BCUT2D eigenvalue weighted by atomic mass is 16.6. The van der Waals surface area contributed by atoms with Crippen molar-refractivity contribution in [1.29, 1.82) is 0 Å². The maximum Gasteiger partial charge on any atom is 0.335 e. The molecule has 0 saturated heterocycles. The van der Waals surface area contributed by atoms with E-state index in [9.17, 15) is 4.79 Å². The first-order valence-electron chi connectivity index (χ1n) is 5.61. The minimum absolute atomic E-state index is 0.304. The molecule has 0 aromatic rings. The van der Waals surface area contributed by atoms with Gasteiger partial charge in [0.1, 0.15) is 0 Å². The summed E-state index contributed by atoms with van der Waals surface area (Å²) in [6, 6.07) is 0. The molecule has 0 amide bonds. The molecule has 1 atom stereocenters. The van der Waals surface area contributed by atoms with Gasteiger partial charge < -0.3 is 18.9 Å². The zero-order chi connectivity index (χ0) is 12.2. The monoisotopic (exact) mass is 234 g/mol. The van der Waals surface area contributed by atoms with Crippen LogP contribution in [0.5, 0.6) is 0 Å². The number of esters is 1. The average Bonchev–Trinajstić information content (AvgIpc) is 2.28. The van der Waals surface area contributed by atoms with Crippen LogP contribution in [0.3, 0.4) is 0 Å². The molecule has 5 nitrogen and oxygen atoms in total. The number of rotatable bonds is 10. The Kier molecular flexibility index (Phi) is 10.4. The quantitative estimate of drug-likeness (QED) is 0.417. The largest absolute Gasteiger partial charge is 0.464 e. The average molecular weight is 234 g/mol. The second-order valence-corrected chi connectivity index (χ2v) is 3.12. The summed E-state index contributed by atoms with van der Waals surface area (Å²) in [6.07, 6.45) is 0.127. The fourth-order valence-electron chi connectivity index (χ4n) is 1.08. The lowest BCUT2D eigenvalue weighted by Gasteiger charge is -2.14. The van der Waals surface area contributed by atoms with Crippen molar-refractivity contribution in [3.8, 4) is 0 Å². The summed E-state index contributed by atoms with van der Waals surface area (Å²) in [6.45, 7) is 5.99. The van der Waals surface area contributed by atoms with Gasteiger partial charge >= 0.3 is 5.97 Å². The number of methoxy groups -OCH3 is 1. The molecule has 0 bridgehead atoms. The van der Waals surface area contributed by atoms with E-state index in [4.69, 9.17) is 18.9 Å². The topological polar surface area (TPSA) is 54.0 Å². The number of hydrogen-bond acceptors (Lipinski definition) is 5. The molecule has 0 rings (SSSR count). The van der Waals surface area contributed by atoms with Crippen LogP contribution in [0.25, 0.3) is 0 Å². The first-order chi connectivity index (χ1) is 7.76. The molecule has 1 unspecified atom stereocenters. The molecule has 0 aliphatic heterocycles. The molecule has 0 radical (unpaired) electrons. The molecule has 0 fully saturated rings. The molecule has 96 valence electrons. The standard InChI is InChI=1S/C11H22O5/c1-4-10(11(12)15-5-2)16-9-8-14-7-6-13-3/h10H,4-9H2,1-3H3. The van der Waals surface area contributed by atoms with Gasteiger partial charge in [-0.05, 0) is 13.3 Å². The van der Waals surface area contributed by atoms with Crippen molar-refractivity contribution in [1.82, 2.24) is 0 Å². The van der Waals surface area contributed by atoms with Crippen LogP contribution >= 0.6 is 0 Å². The molecule has 0 aliphatic carbocycles. The van der Waals surface area contributed by atoms with E-state index in [1.54, 1.807) is 14.0 Å². The summed E-state index contributed by atoms with van der Waals surface area (Å²) in [7, 11) is 1.62. The van der Waals surface area contributed by atoms with Gasteiger partial charge in [0.2, 0.25) is 0 Å². The molecule has 0 saturated carbocycles. The minimum atomic E-state index is -0.481. The summed E-state index contributed by atoms with van der Waals surface area (Å²) >= 11 is 0. The van der Waals surface area contributed by atoms with Crippen LogP contribution in [-0.2, 0) is 23.7 Å². The maximum absolute atomic E-state index is 11.3. The van der Waals surface area contributed by atoms with Crippen LogP contribution in [0.4, 0.5) is 0 Å². The molecule has 0 aromatic carbocycles. The molecule has 0 heterocycles. The first-order valence-corrected chi connectivity index (χ1v) is 5.61. The molecular weight excluding hydrogens is 212 g/mol. The Morgan fingerprint density at radius 2 is 1.81 bits per heavy atom. The number of carbonyl (C=O) groups is 1. The van der Waals surface area contributed by atoms with E-state index in [0.29, 0.717) is 39.5 Å². The van der Waals surface area contributed by atoms with E-state index in [0.717, 1.165) is 0 Å². The Labute approximate surface area is 97.0 Å². The molecule has 0 spiro atoms. The lowest BCUT2D eigenvalue weighted by molar-refractivity contribution is -0.157. The van der Waals surface area contributed by atoms with E-state index < -0.39 is 6.10 Å². The van der Waals surface area contributed by atoms with Gasteiger partial charge in [-0.2, -0.15) is 0 Å². The summed E-state index contributed by atoms with van der Waals surface area (Å²) in [5.74, 6) is -0.304. The van der Waals surface area contributed by atoms with Gasteiger partial charge in [0.15, 0.2) is 6.10 Å². The van der Waals surface area contributed by atoms with Crippen LogP contribution < -0.4 is 0 Å². The highest BCUT2D eigenvalue weighted by Crippen LogP contribution is 2.01. The fourth-order valence-corrected chi connectivity index (χ4v) is 1.08. The predicted molar refractivity (Wildman–Crippen MR) is 59.4 cm³/mol. The second-order valence-electron chi connectivity index (χ2n) is 3.12. The molecule has 0 aromatic heterocycles. The Morgan fingerprint density at radius 1 is 1.12 bits per heavy atom. The Hall–Kier alpha value is -0.650. The molecule has 16 heavy (non-hydrogen) atoms. The highest BCUT2D eigenvalue weighted by Gasteiger charge is 2.17.